The van der Waals surface area contributed by atoms with Gasteiger partial charge in [-0.15, -0.1) is 0 Å². The highest BCUT2D eigenvalue weighted by Gasteiger charge is 2.71. The van der Waals surface area contributed by atoms with Gasteiger partial charge in [-0.3, -0.25) is 4.79 Å². The number of ether oxygens (including phenoxy) is 8. The average molecular weight is 1110 g/mol. The Bertz CT molecular complexity index is 2190. The lowest BCUT2D eigenvalue weighted by Crippen LogP contribution is -2.68. The first-order valence-electron chi connectivity index (χ1n) is 27.3. The van der Waals surface area contributed by atoms with Crippen LogP contribution in [0.15, 0.2) is 11.6 Å². The molecular formula is C53H84O24. The van der Waals surface area contributed by atoms with Crippen LogP contribution in [0.2, 0.25) is 0 Å². The number of aliphatic hydroxyl groups is 12. The normalized spacial score (nSPS) is 55.9. The molecule has 9 aliphatic rings. The van der Waals surface area contributed by atoms with E-state index < -0.39 is 181 Å². The third-order valence-corrected chi connectivity index (χ3v) is 21.5. The zero-order valence-electron chi connectivity index (χ0n) is 44.8. The lowest BCUT2D eigenvalue weighted by atomic mass is 9.33. The van der Waals surface area contributed by atoms with Crippen LogP contribution in [0.25, 0.3) is 0 Å². The number of carbonyl (C=O) groups is 2. The van der Waals surface area contributed by atoms with Gasteiger partial charge < -0.3 is 109 Å². The molecule has 5 aliphatic carbocycles. The van der Waals surface area contributed by atoms with Gasteiger partial charge in [-0.2, -0.15) is 0 Å². The van der Waals surface area contributed by atoms with Gasteiger partial charge in [0, 0.05) is 10.8 Å². The molecule has 0 bridgehead atoms. The number of allylic oxidation sites excluding steroid dienone is 2. The van der Waals surface area contributed by atoms with Crippen molar-refractivity contribution in [3.8, 4) is 0 Å². The summed E-state index contributed by atoms with van der Waals surface area (Å²) < 4.78 is 48.5. The van der Waals surface area contributed by atoms with Gasteiger partial charge in [0.1, 0.15) is 79.4 Å². The molecule has 0 spiro atoms. The average Bonchev–Trinajstić information content (AvgIpc) is 3.38. The number of rotatable bonds is 12. The fourth-order valence-corrected chi connectivity index (χ4v) is 16.3. The summed E-state index contributed by atoms with van der Waals surface area (Å²) in [6.45, 7) is 12.4. The summed E-state index contributed by atoms with van der Waals surface area (Å²) in [5.41, 5.74) is -2.92. The molecule has 0 radical (unpaired) electrons. The van der Waals surface area contributed by atoms with Gasteiger partial charge in [-0.1, -0.05) is 46.3 Å². The van der Waals surface area contributed by atoms with Gasteiger partial charge in [0.25, 0.3) is 0 Å². The molecule has 30 unspecified atom stereocenters. The molecule has 0 amide bonds. The molecule has 4 aliphatic heterocycles. The highest BCUT2D eigenvalue weighted by molar-refractivity contribution is 5.75. The fraction of sp³-hybridized carbons (Fsp3) is 0.925. The Morgan fingerprint density at radius 1 is 0.610 bits per heavy atom. The lowest BCUT2D eigenvalue weighted by molar-refractivity contribution is -0.396. The molecule has 4 saturated heterocycles. The third kappa shape index (κ3) is 9.46. The topological polar surface area (TPSA) is 391 Å². The SMILES string of the molecule is CC1OC(OC2C(OC3C(OC4CCC5(C)C(CCC6(C)C5CC=C5C7CC(C)(C(=O)O)CC(OC8OCC(O)C(O)C8O)C7(C)CCC56C)C4(C)CO)OC(C(=O)O)C(O)C3O)OC(CO)C(O)C2O)C(O)C(O)C1O. The molecule has 9 rings (SSSR count). The van der Waals surface area contributed by atoms with Crippen molar-refractivity contribution in [1.82, 2.24) is 0 Å². The number of carboxylic acids is 2. The van der Waals surface area contributed by atoms with Crippen LogP contribution in [0.3, 0.4) is 0 Å². The molecule has 77 heavy (non-hydrogen) atoms. The maximum absolute atomic E-state index is 13.2. The van der Waals surface area contributed by atoms with Gasteiger partial charge in [-0.25, -0.2) is 4.79 Å². The predicted octanol–water partition coefficient (Wildman–Crippen LogP) is -1.77. The largest absolute Gasteiger partial charge is 0.481 e. The minimum absolute atomic E-state index is 0.0370. The van der Waals surface area contributed by atoms with Crippen molar-refractivity contribution in [2.24, 2.45) is 50.2 Å². The predicted molar refractivity (Wildman–Crippen MR) is 259 cm³/mol. The van der Waals surface area contributed by atoms with Crippen LogP contribution >= 0.6 is 0 Å². The fourth-order valence-electron chi connectivity index (χ4n) is 16.3. The first kappa shape index (κ1) is 59.5. The van der Waals surface area contributed by atoms with E-state index in [0.717, 1.165) is 6.42 Å². The van der Waals surface area contributed by atoms with Gasteiger partial charge in [0.05, 0.1) is 43.5 Å². The molecule has 0 aromatic heterocycles. The highest BCUT2D eigenvalue weighted by Crippen LogP contribution is 2.76. The Hall–Kier alpha value is -2.12. The second-order valence-corrected chi connectivity index (χ2v) is 25.7. The standard InChI is InChI=1S/C53H84O24/c1-21-30(57)33(60)38(65)44(71-21)76-40-34(61)32(59)25(18-54)72-45(40)77-41-36(63)35(62)39(42(66)67)75-46(41)73-28-11-12-50(4)26(51(28,5)20-55)10-13-53(7)27(50)9-8-22-23-16-48(2,47(68)69)17-29(49(23,3)14-15-52(22,53)6)74-43-37(64)31(58)24(56)19-70-43/h8,21,23-41,43-46,54-65H,9-20H2,1-7H3,(H,66,67)(H,68,69). The van der Waals surface area contributed by atoms with E-state index in [2.05, 4.69) is 33.8 Å². The van der Waals surface area contributed by atoms with E-state index in [4.69, 9.17) is 37.9 Å². The number of aliphatic carboxylic acids is 2. The van der Waals surface area contributed by atoms with Gasteiger partial charge in [0.15, 0.2) is 31.3 Å². The molecule has 4 heterocycles. The summed E-state index contributed by atoms with van der Waals surface area (Å²) in [7, 11) is 0. The Kier molecular flexibility index (Phi) is 16.4. The maximum Gasteiger partial charge on any atom is 0.335 e. The van der Waals surface area contributed by atoms with Crippen LogP contribution in [0.4, 0.5) is 0 Å². The smallest absolute Gasteiger partial charge is 0.335 e. The second kappa shape index (κ2) is 21.3. The second-order valence-electron chi connectivity index (χ2n) is 25.7. The van der Waals surface area contributed by atoms with E-state index in [0.29, 0.717) is 38.5 Å². The van der Waals surface area contributed by atoms with Crippen LogP contribution in [0.1, 0.15) is 106 Å². The van der Waals surface area contributed by atoms with Crippen molar-refractivity contribution in [3.05, 3.63) is 11.6 Å². The lowest BCUT2D eigenvalue weighted by Gasteiger charge is -2.72. The number of aliphatic hydroxyl groups excluding tert-OH is 12. The number of fused-ring (bicyclic) bond motifs is 7. The zero-order chi connectivity index (χ0) is 56.4. The van der Waals surface area contributed by atoms with Crippen molar-refractivity contribution in [2.75, 3.05) is 19.8 Å². The summed E-state index contributed by atoms with van der Waals surface area (Å²) in [6, 6.07) is 0. The maximum atomic E-state index is 13.2. The van der Waals surface area contributed by atoms with Crippen molar-refractivity contribution in [2.45, 2.75) is 235 Å². The minimum atomic E-state index is -2.13. The van der Waals surface area contributed by atoms with Crippen molar-refractivity contribution in [1.29, 1.82) is 0 Å². The highest BCUT2D eigenvalue weighted by atomic mass is 16.8. The van der Waals surface area contributed by atoms with Gasteiger partial charge >= 0.3 is 11.9 Å². The molecule has 24 nitrogen and oxygen atoms in total. The molecule has 4 saturated carbocycles. The molecular weight excluding hydrogens is 1020 g/mol. The van der Waals surface area contributed by atoms with Crippen LogP contribution in [0.5, 0.6) is 0 Å². The van der Waals surface area contributed by atoms with Crippen molar-refractivity contribution < 1.29 is 119 Å². The Morgan fingerprint density at radius 2 is 1.23 bits per heavy atom. The van der Waals surface area contributed by atoms with Gasteiger partial charge in [-0.05, 0) is 106 Å². The Morgan fingerprint density at radius 3 is 1.87 bits per heavy atom. The van der Waals surface area contributed by atoms with E-state index >= 15 is 0 Å². The van der Waals surface area contributed by atoms with E-state index in [9.17, 15) is 81.1 Å². The monoisotopic (exact) mass is 1100 g/mol. The van der Waals surface area contributed by atoms with Crippen LogP contribution in [0, 0.1) is 50.2 Å². The summed E-state index contributed by atoms with van der Waals surface area (Å²) in [4.78, 5) is 25.8. The quantitative estimate of drug-likeness (QED) is 0.0760. The first-order valence-corrected chi connectivity index (χ1v) is 27.3. The summed E-state index contributed by atoms with van der Waals surface area (Å²) in [5, 5.41) is 151. The van der Waals surface area contributed by atoms with E-state index in [1.54, 1.807) is 6.92 Å². The summed E-state index contributed by atoms with van der Waals surface area (Å²) in [6.07, 6.45) is -27.4. The van der Waals surface area contributed by atoms with Crippen molar-refractivity contribution in [3.63, 3.8) is 0 Å². The minimum Gasteiger partial charge on any atom is -0.481 e. The molecule has 24 heteroatoms. The van der Waals surface area contributed by atoms with Crippen molar-refractivity contribution >= 4 is 11.9 Å². The number of carboxylic acid groups (broad SMARTS) is 2. The molecule has 30 atom stereocenters. The van der Waals surface area contributed by atoms with Crippen LogP contribution < -0.4 is 0 Å². The molecule has 0 aromatic rings. The summed E-state index contributed by atoms with van der Waals surface area (Å²) >= 11 is 0. The Balaban J connectivity index is 0.990. The van der Waals surface area contributed by atoms with E-state index in [-0.39, 0.29) is 42.6 Å². The molecule has 0 aromatic carbocycles. The number of hydrogen-bond acceptors (Lipinski definition) is 22. The first-order chi connectivity index (χ1) is 36.0. The molecule has 8 fully saturated rings. The molecule has 440 valence electrons. The molecule has 14 N–H and O–H groups in total. The van der Waals surface area contributed by atoms with Crippen LogP contribution in [-0.2, 0) is 47.5 Å². The third-order valence-electron chi connectivity index (χ3n) is 21.5. The van der Waals surface area contributed by atoms with Gasteiger partial charge in [0.2, 0.25) is 0 Å². The Labute approximate surface area is 446 Å². The number of hydrogen-bond donors (Lipinski definition) is 14. The van der Waals surface area contributed by atoms with E-state index in [1.165, 1.54) is 12.5 Å². The van der Waals surface area contributed by atoms with Crippen LogP contribution in [-0.4, -0.2) is 232 Å². The van der Waals surface area contributed by atoms with E-state index in [1.807, 2.05) is 6.92 Å². The summed E-state index contributed by atoms with van der Waals surface area (Å²) in [5.74, 6) is -3.06. The zero-order valence-corrected chi connectivity index (χ0v) is 44.8.